The number of carbonyl (C=O) groups is 4. The summed E-state index contributed by atoms with van der Waals surface area (Å²) < 4.78 is 17.7. The van der Waals surface area contributed by atoms with Gasteiger partial charge in [0.05, 0.1) is 11.8 Å². The van der Waals surface area contributed by atoms with Crippen molar-refractivity contribution in [1.29, 1.82) is 0 Å². The summed E-state index contributed by atoms with van der Waals surface area (Å²) in [6.07, 6.45) is 4.76. The smallest absolute Gasteiger partial charge is 0.326 e. The molecule has 6 nitrogen and oxygen atoms in total. The zero-order chi connectivity index (χ0) is 18.4. The number of ketones is 1. The minimum Gasteiger partial charge on any atom is -0.456 e. The number of rotatable bonds is 5. The Labute approximate surface area is 148 Å². The van der Waals surface area contributed by atoms with Crippen LogP contribution in [0.3, 0.4) is 0 Å². The van der Waals surface area contributed by atoms with Gasteiger partial charge in [-0.1, -0.05) is 12.2 Å². The Morgan fingerprint density at radius 2 is 1.62 bits per heavy atom. The fourth-order valence-electron chi connectivity index (χ4n) is 4.16. The quantitative estimate of drug-likeness (QED) is 0.344. The highest BCUT2D eigenvalue weighted by molar-refractivity contribution is 6.08. The number of amides is 2. The van der Waals surface area contributed by atoms with E-state index >= 15 is 0 Å². The number of hydrogen-bond donors (Lipinski definition) is 0. The van der Waals surface area contributed by atoms with E-state index in [9.17, 15) is 23.6 Å². The minimum absolute atomic E-state index is 0.0718. The highest BCUT2D eigenvalue weighted by Gasteiger charge is 2.59. The predicted molar refractivity (Wildman–Crippen MR) is 86.1 cm³/mol. The molecule has 4 atom stereocenters. The Bertz CT molecular complexity index is 801. The number of fused-ring (bicyclic) bond motifs is 5. The van der Waals surface area contributed by atoms with Gasteiger partial charge < -0.3 is 4.74 Å². The molecule has 2 aliphatic carbocycles. The van der Waals surface area contributed by atoms with Crippen LogP contribution in [0.4, 0.5) is 4.39 Å². The van der Waals surface area contributed by atoms with Gasteiger partial charge in [0.15, 0.2) is 12.4 Å². The molecule has 7 heteroatoms. The number of imide groups is 1. The molecule has 1 saturated carbocycles. The van der Waals surface area contributed by atoms with E-state index in [1.165, 1.54) is 12.1 Å². The van der Waals surface area contributed by atoms with E-state index in [2.05, 4.69) is 0 Å². The molecule has 3 aliphatic rings. The molecule has 134 valence electrons. The number of halogens is 1. The Morgan fingerprint density at radius 1 is 1.04 bits per heavy atom. The van der Waals surface area contributed by atoms with Crippen LogP contribution in [-0.4, -0.2) is 41.6 Å². The first-order valence-electron chi connectivity index (χ1n) is 8.43. The van der Waals surface area contributed by atoms with Gasteiger partial charge in [-0.15, -0.1) is 0 Å². The van der Waals surface area contributed by atoms with E-state index in [1.807, 2.05) is 12.2 Å². The van der Waals surface area contributed by atoms with E-state index in [0.717, 1.165) is 23.5 Å². The molecule has 0 N–H and O–H groups in total. The summed E-state index contributed by atoms with van der Waals surface area (Å²) >= 11 is 0. The molecule has 1 heterocycles. The van der Waals surface area contributed by atoms with Crippen LogP contribution in [0.1, 0.15) is 16.8 Å². The molecule has 1 aromatic carbocycles. The van der Waals surface area contributed by atoms with Crippen LogP contribution in [0, 0.1) is 29.5 Å². The van der Waals surface area contributed by atoms with Crippen LogP contribution in [0.5, 0.6) is 0 Å². The zero-order valence-electron chi connectivity index (χ0n) is 13.8. The van der Waals surface area contributed by atoms with Crippen LogP contribution in [0.15, 0.2) is 36.4 Å². The highest BCUT2D eigenvalue weighted by atomic mass is 19.1. The number of benzene rings is 1. The van der Waals surface area contributed by atoms with E-state index in [-0.39, 0.29) is 41.0 Å². The minimum atomic E-state index is -0.817. The number of carbonyl (C=O) groups excluding carboxylic acids is 4. The topological polar surface area (TPSA) is 80.8 Å². The highest BCUT2D eigenvalue weighted by Crippen LogP contribution is 2.52. The summed E-state index contributed by atoms with van der Waals surface area (Å²) in [5.41, 5.74) is 0.213. The number of allylic oxidation sites excluding steroid dienone is 2. The van der Waals surface area contributed by atoms with Gasteiger partial charge in [0.25, 0.3) is 0 Å². The number of esters is 1. The number of nitrogens with zero attached hydrogens (tertiary/aromatic N) is 1. The lowest BCUT2D eigenvalue weighted by Crippen LogP contribution is -2.38. The van der Waals surface area contributed by atoms with Gasteiger partial charge in [0, 0.05) is 5.56 Å². The molecule has 0 spiro atoms. The van der Waals surface area contributed by atoms with Gasteiger partial charge in [-0.3, -0.25) is 24.1 Å². The number of likely N-dealkylation sites (tertiary alicyclic amines) is 1. The van der Waals surface area contributed by atoms with Crippen LogP contribution in [0.25, 0.3) is 0 Å². The van der Waals surface area contributed by atoms with E-state index in [0.29, 0.717) is 0 Å². The monoisotopic (exact) mass is 357 g/mol. The molecule has 1 aliphatic heterocycles. The van der Waals surface area contributed by atoms with Crippen LogP contribution in [-0.2, 0) is 19.1 Å². The van der Waals surface area contributed by atoms with Crippen molar-refractivity contribution in [2.45, 2.75) is 6.42 Å². The number of hydrogen-bond acceptors (Lipinski definition) is 5. The fraction of sp³-hybridized carbons (Fsp3) is 0.368. The Kier molecular flexibility index (Phi) is 3.94. The SMILES string of the molecule is O=C(CN1C(=O)[C@@H]2[C@H](C1=O)[C@H]1C=C[C@H]2C1)OCC(=O)c1ccc(F)cc1. The zero-order valence-corrected chi connectivity index (χ0v) is 13.8. The summed E-state index contributed by atoms with van der Waals surface area (Å²) in [4.78, 5) is 49.8. The first-order chi connectivity index (χ1) is 12.5. The van der Waals surface area contributed by atoms with E-state index in [1.54, 1.807) is 0 Å². The molecule has 0 aromatic heterocycles. The number of ether oxygens (including phenoxy) is 1. The Balaban J connectivity index is 1.34. The largest absolute Gasteiger partial charge is 0.456 e. The Morgan fingerprint density at radius 3 is 2.19 bits per heavy atom. The summed E-state index contributed by atoms with van der Waals surface area (Å²) in [7, 11) is 0. The average molecular weight is 357 g/mol. The van der Waals surface area contributed by atoms with Gasteiger partial charge in [0.1, 0.15) is 12.4 Å². The lowest BCUT2D eigenvalue weighted by atomic mass is 9.85. The van der Waals surface area contributed by atoms with Crippen molar-refractivity contribution in [2.24, 2.45) is 23.7 Å². The molecule has 1 saturated heterocycles. The maximum Gasteiger partial charge on any atom is 0.326 e. The van der Waals surface area contributed by atoms with Crippen molar-refractivity contribution in [3.8, 4) is 0 Å². The third kappa shape index (κ3) is 2.64. The molecule has 4 rings (SSSR count). The fourth-order valence-corrected chi connectivity index (χ4v) is 4.16. The molecule has 2 amide bonds. The second-order valence-electron chi connectivity index (χ2n) is 6.85. The maximum atomic E-state index is 12.9. The van der Waals surface area contributed by atoms with Crippen LogP contribution >= 0.6 is 0 Å². The summed E-state index contributed by atoms with van der Waals surface area (Å²) in [6, 6.07) is 4.86. The molecule has 2 fully saturated rings. The standard InChI is InChI=1S/C19H16FNO5/c20-13-5-3-10(4-6-13)14(22)9-26-15(23)8-21-18(24)16-11-1-2-12(7-11)17(16)19(21)25/h1-6,11-12,16-17H,7-9H2/t11-,12-,16-,17+/m0/s1. The van der Waals surface area contributed by atoms with Crippen molar-refractivity contribution in [3.05, 3.63) is 47.8 Å². The average Bonchev–Trinajstić information content (AvgIpc) is 3.30. The van der Waals surface area contributed by atoms with Crippen molar-refractivity contribution in [2.75, 3.05) is 13.2 Å². The second-order valence-corrected chi connectivity index (χ2v) is 6.85. The van der Waals surface area contributed by atoms with Crippen molar-refractivity contribution in [1.82, 2.24) is 4.90 Å². The third-order valence-electron chi connectivity index (χ3n) is 5.38. The molecular formula is C19H16FNO5. The molecule has 2 bridgehead atoms. The predicted octanol–water partition coefficient (Wildman–Crippen LogP) is 1.36. The van der Waals surface area contributed by atoms with Crippen molar-refractivity contribution >= 4 is 23.6 Å². The van der Waals surface area contributed by atoms with E-state index < -0.39 is 30.7 Å². The molecule has 26 heavy (non-hydrogen) atoms. The van der Waals surface area contributed by atoms with Crippen LogP contribution < -0.4 is 0 Å². The second kappa shape index (κ2) is 6.16. The first kappa shape index (κ1) is 16.6. The van der Waals surface area contributed by atoms with Gasteiger partial charge >= 0.3 is 5.97 Å². The summed E-state index contributed by atoms with van der Waals surface area (Å²) in [6.45, 7) is -1.01. The lowest BCUT2D eigenvalue weighted by Gasteiger charge is -2.16. The van der Waals surface area contributed by atoms with E-state index in [4.69, 9.17) is 4.74 Å². The van der Waals surface area contributed by atoms with Crippen molar-refractivity contribution < 1.29 is 28.3 Å². The molecule has 1 aromatic rings. The van der Waals surface area contributed by atoms with Gasteiger partial charge in [0.2, 0.25) is 11.8 Å². The summed E-state index contributed by atoms with van der Waals surface area (Å²) in [5.74, 6) is -3.04. The maximum absolute atomic E-state index is 12.9. The number of Topliss-reactive ketones (excluding diaryl/α,β-unsaturated/α-hetero) is 1. The molecule has 0 unspecified atom stereocenters. The normalized spacial score (nSPS) is 28.6. The summed E-state index contributed by atoms with van der Waals surface area (Å²) in [5, 5.41) is 0. The van der Waals surface area contributed by atoms with Crippen molar-refractivity contribution in [3.63, 3.8) is 0 Å². The molecule has 0 radical (unpaired) electrons. The van der Waals surface area contributed by atoms with Gasteiger partial charge in [-0.05, 0) is 42.5 Å². The van der Waals surface area contributed by atoms with Gasteiger partial charge in [-0.2, -0.15) is 0 Å². The Hall–Kier alpha value is -2.83. The van der Waals surface area contributed by atoms with Crippen LogP contribution in [0.2, 0.25) is 0 Å². The molecular weight excluding hydrogens is 341 g/mol. The third-order valence-corrected chi connectivity index (χ3v) is 5.38. The lowest BCUT2D eigenvalue weighted by molar-refractivity contribution is -0.152. The van der Waals surface area contributed by atoms with Gasteiger partial charge in [-0.25, -0.2) is 4.39 Å². The first-order valence-corrected chi connectivity index (χ1v) is 8.43.